The normalized spacial score (nSPS) is 40.8. The number of ether oxygens (including phenoxy) is 2. The SMILES string of the molecule is CCOC(=O)C[C@]1(O)C[C@@H]2[C@](C)(CCC[C@@]2(C)C(=O)OC)[C@H]2CCC(C(C)C)=C[C@@H]21. The molecule has 3 aliphatic rings. The minimum absolute atomic E-state index is 0.0201. The third-order valence-electron chi connectivity index (χ3n) is 8.72. The van der Waals surface area contributed by atoms with Crippen molar-refractivity contribution >= 4 is 11.9 Å². The number of rotatable bonds is 5. The molecule has 0 saturated heterocycles. The molecule has 2 fully saturated rings. The van der Waals surface area contributed by atoms with Crippen LogP contribution in [0, 0.1) is 34.5 Å². The van der Waals surface area contributed by atoms with Gasteiger partial charge in [-0.05, 0) is 69.1 Å². The van der Waals surface area contributed by atoms with Crippen LogP contribution < -0.4 is 0 Å². The Bertz CT molecular complexity index is 712. The lowest BCUT2D eigenvalue weighted by atomic mass is 9.41. The van der Waals surface area contributed by atoms with Gasteiger partial charge in [-0.25, -0.2) is 0 Å². The molecule has 0 spiro atoms. The van der Waals surface area contributed by atoms with Gasteiger partial charge in [0.15, 0.2) is 0 Å². The smallest absolute Gasteiger partial charge is 0.311 e. The van der Waals surface area contributed by atoms with Crippen LogP contribution in [0.4, 0.5) is 0 Å². The molecule has 0 bridgehead atoms. The predicted octanol–water partition coefficient (Wildman–Crippen LogP) is 4.67. The summed E-state index contributed by atoms with van der Waals surface area (Å²) in [6.07, 6.45) is 7.48. The minimum atomic E-state index is -1.20. The van der Waals surface area contributed by atoms with E-state index < -0.39 is 11.0 Å². The number of fused-ring (bicyclic) bond motifs is 3. The molecule has 1 N–H and O–H groups in total. The van der Waals surface area contributed by atoms with Gasteiger partial charge >= 0.3 is 11.9 Å². The maximum atomic E-state index is 12.9. The zero-order valence-electron chi connectivity index (χ0n) is 19.6. The van der Waals surface area contributed by atoms with Gasteiger partial charge in [0.25, 0.3) is 0 Å². The van der Waals surface area contributed by atoms with Crippen LogP contribution in [-0.4, -0.2) is 36.4 Å². The Kier molecular flexibility index (Phi) is 6.44. The van der Waals surface area contributed by atoms with Crippen molar-refractivity contribution < 1.29 is 24.2 Å². The Morgan fingerprint density at radius 3 is 2.57 bits per heavy atom. The number of allylic oxidation sites excluding steroid dienone is 1. The van der Waals surface area contributed by atoms with Crippen molar-refractivity contribution in [1.82, 2.24) is 0 Å². The van der Waals surface area contributed by atoms with E-state index in [1.165, 1.54) is 12.7 Å². The molecule has 0 radical (unpaired) electrons. The summed E-state index contributed by atoms with van der Waals surface area (Å²) in [6, 6.07) is 0. The number of carbonyl (C=O) groups is 2. The second-order valence-corrected chi connectivity index (χ2v) is 10.7. The Hall–Kier alpha value is -1.36. The third kappa shape index (κ3) is 3.72. The molecule has 5 heteroatoms. The van der Waals surface area contributed by atoms with E-state index in [4.69, 9.17) is 9.47 Å². The van der Waals surface area contributed by atoms with E-state index in [1.807, 2.05) is 6.92 Å². The standard InChI is InChI=1S/C25H40O5/c1-7-30-21(26)15-25(28)14-20-23(4,11-8-12-24(20,5)22(27)29-6)18-10-9-17(16(2)3)13-19(18)25/h13,16,18-20,28H,7-12,14-15H2,1-6H3/t18-,19-,20+,23+,24+,25+/m0/s1. The summed E-state index contributed by atoms with van der Waals surface area (Å²) >= 11 is 0. The molecule has 0 aromatic rings. The van der Waals surface area contributed by atoms with Crippen LogP contribution in [0.5, 0.6) is 0 Å². The molecule has 0 heterocycles. The molecule has 6 atom stereocenters. The number of carbonyl (C=O) groups excluding carboxylic acids is 2. The third-order valence-corrected chi connectivity index (χ3v) is 8.72. The topological polar surface area (TPSA) is 72.8 Å². The number of esters is 2. The van der Waals surface area contributed by atoms with Crippen LogP contribution in [0.25, 0.3) is 0 Å². The molecule has 0 amide bonds. The van der Waals surface area contributed by atoms with Gasteiger partial charge in [-0.3, -0.25) is 9.59 Å². The molecule has 0 aromatic carbocycles. The monoisotopic (exact) mass is 420 g/mol. The van der Waals surface area contributed by atoms with Crippen molar-refractivity contribution in [2.45, 2.75) is 85.2 Å². The summed E-state index contributed by atoms with van der Waals surface area (Å²) < 4.78 is 10.5. The highest BCUT2D eigenvalue weighted by Gasteiger charge is 2.65. The van der Waals surface area contributed by atoms with E-state index in [0.717, 1.165) is 32.1 Å². The summed E-state index contributed by atoms with van der Waals surface area (Å²) in [4.78, 5) is 25.4. The Balaban J connectivity index is 2.08. The lowest BCUT2D eigenvalue weighted by Gasteiger charge is -2.63. The van der Waals surface area contributed by atoms with E-state index in [1.54, 1.807) is 6.92 Å². The average Bonchev–Trinajstić information content (AvgIpc) is 2.69. The van der Waals surface area contributed by atoms with Gasteiger partial charge in [0.2, 0.25) is 0 Å². The largest absolute Gasteiger partial charge is 0.469 e. The quantitative estimate of drug-likeness (QED) is 0.517. The van der Waals surface area contributed by atoms with Gasteiger partial charge < -0.3 is 14.6 Å². The molecular formula is C25H40O5. The fourth-order valence-electron chi connectivity index (χ4n) is 7.12. The molecule has 30 heavy (non-hydrogen) atoms. The van der Waals surface area contributed by atoms with Crippen molar-refractivity contribution in [1.29, 1.82) is 0 Å². The summed E-state index contributed by atoms with van der Waals surface area (Å²) in [5, 5.41) is 12.0. The molecule has 0 aliphatic heterocycles. The molecular weight excluding hydrogens is 380 g/mol. The summed E-state index contributed by atoms with van der Waals surface area (Å²) in [5.74, 6) is 0.000218. The van der Waals surface area contributed by atoms with Gasteiger partial charge in [-0.2, -0.15) is 0 Å². The number of aliphatic hydroxyl groups is 1. The van der Waals surface area contributed by atoms with E-state index in [-0.39, 0.29) is 41.5 Å². The first-order valence-electron chi connectivity index (χ1n) is 11.7. The van der Waals surface area contributed by atoms with Gasteiger partial charge in [0, 0.05) is 5.92 Å². The number of hydrogen-bond donors (Lipinski definition) is 1. The Morgan fingerprint density at radius 2 is 1.97 bits per heavy atom. The van der Waals surface area contributed by atoms with Crippen LogP contribution in [0.2, 0.25) is 0 Å². The number of methoxy groups -OCH3 is 1. The molecule has 3 aliphatic carbocycles. The fraction of sp³-hybridized carbons (Fsp3) is 0.840. The maximum absolute atomic E-state index is 12.9. The molecule has 2 saturated carbocycles. The summed E-state index contributed by atoms with van der Waals surface area (Å²) in [7, 11) is 1.45. The average molecular weight is 421 g/mol. The minimum Gasteiger partial charge on any atom is -0.469 e. The molecule has 5 nitrogen and oxygen atoms in total. The molecule has 3 rings (SSSR count). The highest BCUT2D eigenvalue weighted by Crippen LogP contribution is 2.66. The van der Waals surface area contributed by atoms with Crippen LogP contribution in [0.1, 0.15) is 79.6 Å². The van der Waals surface area contributed by atoms with Crippen LogP contribution >= 0.6 is 0 Å². The lowest BCUT2D eigenvalue weighted by Crippen LogP contribution is -2.63. The van der Waals surface area contributed by atoms with E-state index >= 15 is 0 Å². The Morgan fingerprint density at radius 1 is 1.27 bits per heavy atom. The van der Waals surface area contributed by atoms with E-state index in [0.29, 0.717) is 18.9 Å². The Labute approximate surface area is 181 Å². The first kappa shape index (κ1) is 23.3. The van der Waals surface area contributed by atoms with Crippen molar-refractivity contribution in [3.05, 3.63) is 11.6 Å². The zero-order valence-corrected chi connectivity index (χ0v) is 19.6. The van der Waals surface area contributed by atoms with Gasteiger partial charge in [0.05, 0.1) is 31.2 Å². The second kappa shape index (κ2) is 8.29. The van der Waals surface area contributed by atoms with Gasteiger partial charge in [-0.15, -0.1) is 0 Å². The lowest BCUT2D eigenvalue weighted by molar-refractivity contribution is -0.205. The van der Waals surface area contributed by atoms with Crippen molar-refractivity contribution in [2.75, 3.05) is 13.7 Å². The van der Waals surface area contributed by atoms with Crippen molar-refractivity contribution in [2.24, 2.45) is 34.5 Å². The first-order chi connectivity index (χ1) is 14.0. The molecule has 0 unspecified atom stereocenters. The number of hydrogen-bond acceptors (Lipinski definition) is 5. The van der Waals surface area contributed by atoms with Gasteiger partial charge in [0.1, 0.15) is 0 Å². The molecule has 0 aromatic heterocycles. The van der Waals surface area contributed by atoms with Crippen molar-refractivity contribution in [3.63, 3.8) is 0 Å². The van der Waals surface area contributed by atoms with E-state index in [2.05, 4.69) is 26.8 Å². The summed E-state index contributed by atoms with van der Waals surface area (Å²) in [6.45, 7) is 10.8. The van der Waals surface area contributed by atoms with Crippen LogP contribution in [0.15, 0.2) is 11.6 Å². The van der Waals surface area contributed by atoms with Gasteiger partial charge in [-0.1, -0.05) is 38.8 Å². The first-order valence-corrected chi connectivity index (χ1v) is 11.7. The zero-order chi connectivity index (χ0) is 22.3. The maximum Gasteiger partial charge on any atom is 0.311 e. The predicted molar refractivity (Wildman–Crippen MR) is 116 cm³/mol. The van der Waals surface area contributed by atoms with Crippen molar-refractivity contribution in [3.8, 4) is 0 Å². The second-order valence-electron chi connectivity index (χ2n) is 10.7. The highest BCUT2D eigenvalue weighted by molar-refractivity contribution is 5.77. The van der Waals surface area contributed by atoms with Crippen LogP contribution in [-0.2, 0) is 19.1 Å². The molecule has 170 valence electrons. The summed E-state index contributed by atoms with van der Waals surface area (Å²) in [5.41, 5.74) is -0.538. The highest BCUT2D eigenvalue weighted by atomic mass is 16.5. The fourth-order valence-corrected chi connectivity index (χ4v) is 7.12. The van der Waals surface area contributed by atoms with Crippen LogP contribution in [0.3, 0.4) is 0 Å². The van der Waals surface area contributed by atoms with E-state index in [9.17, 15) is 14.7 Å².